The molecule has 11 heavy (non-hydrogen) atoms. The molecule has 0 aromatic heterocycles. The van der Waals surface area contributed by atoms with E-state index in [0.717, 1.165) is 0 Å². The molecule has 0 aliphatic rings. The minimum atomic E-state index is -0.944. The van der Waals surface area contributed by atoms with E-state index in [1.165, 1.54) is 12.1 Å². The number of aromatic carboxylic acids is 1. The van der Waals surface area contributed by atoms with E-state index in [9.17, 15) is 4.79 Å². The highest BCUT2D eigenvalue weighted by Gasteiger charge is 2.00. The predicted octanol–water partition coefficient (Wildman–Crippen LogP) is 1.56. The largest absolute Gasteiger partial charge is 0.490 e. The van der Waals surface area contributed by atoms with Crippen molar-refractivity contribution in [1.82, 2.24) is 0 Å². The van der Waals surface area contributed by atoms with E-state index in [1.54, 1.807) is 12.1 Å². The van der Waals surface area contributed by atoms with Crippen LogP contribution in [-0.2, 0) is 0 Å². The molecular weight excluding hydrogens is 144 g/mol. The number of hydrogen-bond donors (Lipinski definition) is 1. The molecule has 57 valence electrons. The van der Waals surface area contributed by atoms with Gasteiger partial charge in [-0.3, -0.25) is 0 Å². The molecule has 0 saturated heterocycles. The minimum Gasteiger partial charge on any atom is -0.490 e. The van der Waals surface area contributed by atoms with Gasteiger partial charge in [0.1, 0.15) is 12.9 Å². The molecule has 0 saturated carbocycles. The first-order valence-electron chi connectivity index (χ1n) is 2.99. The molecule has 0 fully saturated rings. The zero-order chi connectivity index (χ0) is 8.27. The third-order valence-electron chi connectivity index (χ3n) is 1.27. The van der Waals surface area contributed by atoms with Crippen LogP contribution in [0.4, 0.5) is 0 Å². The first-order chi connectivity index (χ1) is 5.24. The molecule has 0 amide bonds. The molecule has 1 rings (SSSR count). The smallest absolute Gasteiger partial charge is 0.335 e. The molecule has 3 nitrogen and oxygen atoms in total. The van der Waals surface area contributed by atoms with E-state index in [0.29, 0.717) is 5.75 Å². The number of ether oxygens (including phenoxy) is 1. The van der Waals surface area contributed by atoms with Crippen molar-refractivity contribution < 1.29 is 14.6 Å². The fourth-order valence-corrected chi connectivity index (χ4v) is 0.694. The maximum Gasteiger partial charge on any atom is 0.335 e. The molecule has 0 bridgehead atoms. The average molecular weight is 151 g/mol. The Balaban J connectivity index is 2.91. The molecule has 1 aromatic carbocycles. The summed E-state index contributed by atoms with van der Waals surface area (Å²) in [6, 6.07) is 6.03. The van der Waals surface area contributed by atoms with E-state index in [2.05, 4.69) is 11.8 Å². The lowest BCUT2D eigenvalue weighted by molar-refractivity contribution is 0.0697. The summed E-state index contributed by atoms with van der Waals surface area (Å²) >= 11 is 0. The molecule has 1 N–H and O–H groups in total. The van der Waals surface area contributed by atoms with Crippen LogP contribution in [0, 0.1) is 7.11 Å². The second kappa shape index (κ2) is 3.05. The lowest BCUT2D eigenvalue weighted by atomic mass is 10.2. The number of carboxylic acids is 1. The molecule has 0 heterocycles. The summed E-state index contributed by atoms with van der Waals surface area (Å²) in [6.45, 7) is 0. The third kappa shape index (κ3) is 1.70. The van der Waals surface area contributed by atoms with Gasteiger partial charge >= 0.3 is 5.97 Å². The topological polar surface area (TPSA) is 46.5 Å². The highest BCUT2D eigenvalue weighted by molar-refractivity contribution is 5.87. The molecule has 0 atom stereocenters. The van der Waals surface area contributed by atoms with E-state index < -0.39 is 5.97 Å². The molecule has 0 unspecified atom stereocenters. The summed E-state index contributed by atoms with van der Waals surface area (Å²) in [5.74, 6) is -0.393. The van der Waals surface area contributed by atoms with Crippen molar-refractivity contribution in [2.24, 2.45) is 0 Å². The summed E-state index contributed by atoms with van der Waals surface area (Å²) in [6.07, 6.45) is 0. The van der Waals surface area contributed by atoms with Gasteiger partial charge in [0.2, 0.25) is 0 Å². The lowest BCUT2D eigenvalue weighted by Gasteiger charge is -1.97. The van der Waals surface area contributed by atoms with Crippen LogP contribution in [0.15, 0.2) is 24.3 Å². The SMILES string of the molecule is [CH2]Oc1ccc(C(=O)O)cc1. The molecule has 0 aliphatic carbocycles. The Kier molecular flexibility index (Phi) is 2.11. The van der Waals surface area contributed by atoms with Crippen molar-refractivity contribution in [3.63, 3.8) is 0 Å². The minimum absolute atomic E-state index is 0.241. The van der Waals surface area contributed by atoms with Crippen molar-refractivity contribution in [3.05, 3.63) is 36.9 Å². The molecule has 3 heteroatoms. The van der Waals surface area contributed by atoms with Crippen LogP contribution < -0.4 is 4.74 Å². The van der Waals surface area contributed by atoms with Crippen LogP contribution in [0.1, 0.15) is 10.4 Å². The first kappa shape index (κ1) is 7.60. The predicted molar refractivity (Wildman–Crippen MR) is 39.4 cm³/mol. The van der Waals surface area contributed by atoms with Crippen LogP contribution in [0.3, 0.4) is 0 Å². The normalized spacial score (nSPS) is 9.18. The molecule has 0 aliphatic heterocycles. The summed E-state index contributed by atoms with van der Waals surface area (Å²) in [5.41, 5.74) is 0.241. The summed E-state index contributed by atoms with van der Waals surface area (Å²) in [5, 5.41) is 8.49. The van der Waals surface area contributed by atoms with Crippen LogP contribution in [-0.4, -0.2) is 11.1 Å². The van der Waals surface area contributed by atoms with E-state index in [4.69, 9.17) is 5.11 Å². The molecular formula is C8H7O3. The van der Waals surface area contributed by atoms with Gasteiger partial charge in [-0.15, -0.1) is 0 Å². The first-order valence-corrected chi connectivity index (χ1v) is 2.99. The quantitative estimate of drug-likeness (QED) is 0.697. The van der Waals surface area contributed by atoms with Crippen molar-refractivity contribution in [2.45, 2.75) is 0 Å². The summed E-state index contributed by atoms with van der Waals surface area (Å²) in [4.78, 5) is 10.3. The number of carboxylic acid groups (broad SMARTS) is 1. The summed E-state index contributed by atoms with van der Waals surface area (Å²) in [7, 11) is 3.18. The second-order valence-corrected chi connectivity index (χ2v) is 1.97. The highest BCUT2D eigenvalue weighted by Crippen LogP contribution is 2.10. The Morgan fingerprint density at radius 2 is 1.91 bits per heavy atom. The number of rotatable bonds is 2. The van der Waals surface area contributed by atoms with Crippen LogP contribution in [0.25, 0.3) is 0 Å². The van der Waals surface area contributed by atoms with Crippen molar-refractivity contribution in [1.29, 1.82) is 0 Å². The fourth-order valence-electron chi connectivity index (χ4n) is 0.694. The lowest BCUT2D eigenvalue weighted by Crippen LogP contribution is -1.94. The van der Waals surface area contributed by atoms with Gasteiger partial charge < -0.3 is 9.84 Å². The zero-order valence-electron chi connectivity index (χ0n) is 5.78. The Morgan fingerprint density at radius 1 is 1.36 bits per heavy atom. The van der Waals surface area contributed by atoms with Gasteiger partial charge in [0.25, 0.3) is 0 Å². The van der Waals surface area contributed by atoms with Gasteiger partial charge in [-0.05, 0) is 24.3 Å². The second-order valence-electron chi connectivity index (χ2n) is 1.97. The molecule has 0 spiro atoms. The van der Waals surface area contributed by atoms with Gasteiger partial charge in [-0.1, -0.05) is 0 Å². The maximum atomic E-state index is 10.3. The van der Waals surface area contributed by atoms with E-state index in [1.807, 2.05) is 0 Å². The van der Waals surface area contributed by atoms with Gasteiger partial charge in [0.05, 0.1) is 5.56 Å². The van der Waals surface area contributed by atoms with Gasteiger partial charge in [0, 0.05) is 0 Å². The summed E-state index contributed by atoms with van der Waals surface area (Å²) < 4.78 is 4.61. The number of hydrogen-bond acceptors (Lipinski definition) is 2. The maximum absolute atomic E-state index is 10.3. The van der Waals surface area contributed by atoms with Gasteiger partial charge in [-0.2, -0.15) is 0 Å². The van der Waals surface area contributed by atoms with Crippen molar-refractivity contribution >= 4 is 5.97 Å². The van der Waals surface area contributed by atoms with E-state index >= 15 is 0 Å². The van der Waals surface area contributed by atoms with Crippen LogP contribution in [0.5, 0.6) is 5.75 Å². The van der Waals surface area contributed by atoms with Crippen LogP contribution in [0.2, 0.25) is 0 Å². The highest BCUT2D eigenvalue weighted by atomic mass is 16.5. The number of carbonyl (C=O) groups is 1. The number of benzene rings is 1. The average Bonchev–Trinajstić information content (AvgIpc) is 2.05. The Labute approximate surface area is 64.2 Å². The van der Waals surface area contributed by atoms with Crippen LogP contribution >= 0.6 is 0 Å². The van der Waals surface area contributed by atoms with E-state index in [-0.39, 0.29) is 5.56 Å². The zero-order valence-corrected chi connectivity index (χ0v) is 5.78. The van der Waals surface area contributed by atoms with Gasteiger partial charge in [0.15, 0.2) is 0 Å². The molecule has 1 radical (unpaired) electrons. The standard InChI is InChI=1S/C8H7O3/c1-11-7-4-2-6(3-5-7)8(9)10/h2-5H,1H2,(H,9,10). The third-order valence-corrected chi connectivity index (χ3v) is 1.27. The Bertz CT molecular complexity index is 251. The monoisotopic (exact) mass is 151 g/mol. The van der Waals surface area contributed by atoms with Crippen molar-refractivity contribution in [3.8, 4) is 5.75 Å². The van der Waals surface area contributed by atoms with Gasteiger partial charge in [-0.25, -0.2) is 4.79 Å². The molecule has 1 aromatic rings. The fraction of sp³-hybridized carbons (Fsp3) is 0. The Hall–Kier alpha value is -1.51. The Morgan fingerprint density at radius 3 is 2.27 bits per heavy atom. The van der Waals surface area contributed by atoms with Crippen molar-refractivity contribution in [2.75, 3.05) is 0 Å².